The first-order chi connectivity index (χ1) is 12.5. The Balaban J connectivity index is 1.56. The lowest BCUT2D eigenvalue weighted by Crippen LogP contribution is -2.31. The van der Waals surface area contributed by atoms with Gasteiger partial charge in [0.15, 0.2) is 0 Å². The number of benzene rings is 1. The van der Waals surface area contributed by atoms with Crippen LogP contribution in [0.3, 0.4) is 0 Å². The van der Waals surface area contributed by atoms with Crippen molar-refractivity contribution >= 4 is 23.4 Å². The number of ether oxygens (including phenoxy) is 1. The molecule has 0 bridgehead atoms. The van der Waals surface area contributed by atoms with Gasteiger partial charge in [0.05, 0.1) is 18.4 Å². The summed E-state index contributed by atoms with van der Waals surface area (Å²) in [5.74, 6) is -0.399. The summed E-state index contributed by atoms with van der Waals surface area (Å²) >= 11 is 0. The molecule has 1 N–H and O–H groups in total. The second kappa shape index (κ2) is 7.35. The lowest BCUT2D eigenvalue weighted by atomic mass is 10.2. The molecule has 0 spiro atoms. The number of hydrogen-bond acceptors (Lipinski definition) is 5. The predicted octanol–water partition coefficient (Wildman–Crippen LogP) is 2.41. The van der Waals surface area contributed by atoms with Gasteiger partial charge in [-0.05, 0) is 43.2 Å². The van der Waals surface area contributed by atoms with Crippen LogP contribution in [0.1, 0.15) is 39.3 Å². The highest BCUT2D eigenvalue weighted by atomic mass is 16.5. The number of pyridine rings is 1. The number of nitrogens with zero attached hydrogens (tertiary/aromatic N) is 2. The fraction of sp³-hybridized carbons (Fsp3) is 0.263. The molecule has 0 aliphatic carbocycles. The van der Waals surface area contributed by atoms with Crippen LogP contribution in [0, 0.1) is 6.92 Å². The van der Waals surface area contributed by atoms with Crippen LogP contribution < -0.4 is 10.1 Å². The van der Waals surface area contributed by atoms with Gasteiger partial charge in [0.2, 0.25) is 5.91 Å². The van der Waals surface area contributed by atoms with E-state index in [-0.39, 0.29) is 30.5 Å². The summed E-state index contributed by atoms with van der Waals surface area (Å²) in [7, 11) is 1.54. The Hall–Kier alpha value is -3.22. The molecule has 0 saturated heterocycles. The molecule has 0 atom stereocenters. The average molecular weight is 353 g/mol. The van der Waals surface area contributed by atoms with Crippen molar-refractivity contribution in [3.63, 3.8) is 0 Å². The van der Waals surface area contributed by atoms with Crippen LogP contribution in [-0.4, -0.2) is 41.3 Å². The predicted molar refractivity (Wildman–Crippen MR) is 95.2 cm³/mol. The van der Waals surface area contributed by atoms with Crippen LogP contribution in [0.2, 0.25) is 0 Å². The Morgan fingerprint density at radius 2 is 2.04 bits per heavy atom. The second-order valence-corrected chi connectivity index (χ2v) is 6.02. The Labute approximate surface area is 151 Å². The Kier molecular flexibility index (Phi) is 4.97. The third-order valence-corrected chi connectivity index (χ3v) is 4.15. The van der Waals surface area contributed by atoms with Crippen molar-refractivity contribution in [1.29, 1.82) is 0 Å². The van der Waals surface area contributed by atoms with Gasteiger partial charge in [0.1, 0.15) is 11.4 Å². The number of hydrogen-bond donors (Lipinski definition) is 1. The summed E-state index contributed by atoms with van der Waals surface area (Å²) in [5, 5.41) is 2.80. The molecular formula is C19H19N3O4. The number of fused-ring (bicyclic) bond motifs is 1. The zero-order valence-electron chi connectivity index (χ0n) is 14.6. The molecular weight excluding hydrogens is 334 g/mol. The molecule has 1 aliphatic heterocycles. The van der Waals surface area contributed by atoms with E-state index in [1.54, 1.807) is 18.2 Å². The molecule has 1 aromatic heterocycles. The van der Waals surface area contributed by atoms with Crippen LogP contribution in [0.4, 0.5) is 5.69 Å². The highest BCUT2D eigenvalue weighted by molar-refractivity contribution is 6.20. The van der Waals surface area contributed by atoms with Gasteiger partial charge in [-0.3, -0.25) is 24.3 Å². The average Bonchev–Trinajstić information content (AvgIpc) is 2.87. The molecule has 3 amide bonds. The van der Waals surface area contributed by atoms with Crippen LogP contribution >= 0.6 is 0 Å². The van der Waals surface area contributed by atoms with Crippen LogP contribution in [-0.2, 0) is 4.79 Å². The first-order valence-electron chi connectivity index (χ1n) is 8.27. The van der Waals surface area contributed by atoms with E-state index in [0.29, 0.717) is 23.4 Å². The molecule has 3 rings (SSSR count). The van der Waals surface area contributed by atoms with Gasteiger partial charge in [-0.15, -0.1) is 0 Å². The minimum atomic E-state index is -0.411. The van der Waals surface area contributed by atoms with Crippen molar-refractivity contribution in [2.45, 2.75) is 19.8 Å². The maximum absolute atomic E-state index is 12.2. The topological polar surface area (TPSA) is 88.6 Å². The third-order valence-electron chi connectivity index (χ3n) is 4.15. The number of aryl methyl sites for hydroxylation is 1. The molecule has 2 heterocycles. The molecule has 2 aromatic rings. The molecule has 0 radical (unpaired) electrons. The number of rotatable bonds is 6. The quantitative estimate of drug-likeness (QED) is 0.806. The zero-order chi connectivity index (χ0) is 18.7. The molecule has 26 heavy (non-hydrogen) atoms. The summed E-state index contributed by atoms with van der Waals surface area (Å²) in [4.78, 5) is 41.7. The van der Waals surface area contributed by atoms with Gasteiger partial charge < -0.3 is 10.1 Å². The molecule has 7 heteroatoms. The van der Waals surface area contributed by atoms with Crippen LogP contribution in [0.15, 0.2) is 36.5 Å². The number of nitrogens with one attached hydrogen (secondary N) is 1. The minimum Gasteiger partial charge on any atom is -0.495 e. The van der Waals surface area contributed by atoms with Crippen molar-refractivity contribution in [3.8, 4) is 5.75 Å². The van der Waals surface area contributed by atoms with E-state index in [2.05, 4.69) is 10.3 Å². The molecule has 1 aliphatic rings. The fourth-order valence-corrected chi connectivity index (χ4v) is 2.85. The third kappa shape index (κ3) is 3.42. The van der Waals surface area contributed by atoms with Crippen LogP contribution in [0.25, 0.3) is 0 Å². The number of methoxy groups -OCH3 is 1. The first kappa shape index (κ1) is 17.6. The zero-order valence-corrected chi connectivity index (χ0v) is 14.6. The van der Waals surface area contributed by atoms with Gasteiger partial charge in [0, 0.05) is 19.2 Å². The summed E-state index contributed by atoms with van der Waals surface area (Å²) in [5.41, 5.74) is 2.08. The summed E-state index contributed by atoms with van der Waals surface area (Å²) in [6.45, 7) is 2.10. The fourth-order valence-electron chi connectivity index (χ4n) is 2.85. The lowest BCUT2D eigenvalue weighted by Gasteiger charge is -2.14. The number of carbonyl (C=O) groups excluding carboxylic acids is 3. The minimum absolute atomic E-state index is 0.173. The summed E-state index contributed by atoms with van der Waals surface area (Å²) in [6.07, 6.45) is 2.03. The number of imide groups is 1. The van der Waals surface area contributed by atoms with Gasteiger partial charge >= 0.3 is 0 Å². The largest absolute Gasteiger partial charge is 0.495 e. The monoisotopic (exact) mass is 353 g/mol. The highest BCUT2D eigenvalue weighted by Gasteiger charge is 2.36. The number of aromatic nitrogens is 1. The van der Waals surface area contributed by atoms with Crippen molar-refractivity contribution in [1.82, 2.24) is 9.88 Å². The van der Waals surface area contributed by atoms with Crippen LogP contribution in [0.5, 0.6) is 5.75 Å². The molecule has 1 aromatic carbocycles. The lowest BCUT2D eigenvalue weighted by molar-refractivity contribution is -0.116. The van der Waals surface area contributed by atoms with Crippen molar-refractivity contribution in [3.05, 3.63) is 53.3 Å². The highest BCUT2D eigenvalue weighted by Crippen LogP contribution is 2.25. The summed E-state index contributed by atoms with van der Waals surface area (Å²) in [6, 6.07) is 8.71. The van der Waals surface area contributed by atoms with E-state index >= 15 is 0 Å². The Morgan fingerprint density at radius 1 is 1.23 bits per heavy atom. The molecule has 0 saturated carbocycles. The number of anilines is 1. The van der Waals surface area contributed by atoms with Gasteiger partial charge in [-0.25, -0.2) is 0 Å². The van der Waals surface area contributed by atoms with Crippen molar-refractivity contribution < 1.29 is 19.1 Å². The van der Waals surface area contributed by atoms with Gasteiger partial charge in [-0.2, -0.15) is 0 Å². The maximum atomic E-state index is 12.2. The SMILES string of the molecule is COc1ccc(C)cc1NC(=O)CCCN1C(=O)c2cccnc2C1=O. The van der Waals surface area contributed by atoms with Gasteiger partial charge in [-0.1, -0.05) is 6.07 Å². The van der Waals surface area contributed by atoms with Crippen molar-refractivity contribution in [2.24, 2.45) is 0 Å². The number of carbonyl (C=O) groups is 3. The molecule has 0 unspecified atom stereocenters. The van der Waals surface area contributed by atoms with Crippen molar-refractivity contribution in [2.75, 3.05) is 19.0 Å². The van der Waals surface area contributed by atoms with E-state index in [9.17, 15) is 14.4 Å². The van der Waals surface area contributed by atoms with E-state index in [0.717, 1.165) is 10.5 Å². The molecule has 0 fully saturated rings. The molecule has 7 nitrogen and oxygen atoms in total. The normalized spacial score (nSPS) is 12.9. The molecule has 134 valence electrons. The van der Waals surface area contributed by atoms with Gasteiger partial charge in [0.25, 0.3) is 11.8 Å². The van der Waals surface area contributed by atoms with E-state index in [4.69, 9.17) is 4.74 Å². The second-order valence-electron chi connectivity index (χ2n) is 6.02. The van der Waals surface area contributed by atoms with E-state index in [1.807, 2.05) is 19.1 Å². The Bertz CT molecular complexity index is 844. The number of amides is 3. The Morgan fingerprint density at radius 3 is 2.77 bits per heavy atom. The smallest absolute Gasteiger partial charge is 0.280 e. The standard InChI is InChI=1S/C19H19N3O4/c1-12-7-8-15(26-2)14(11-12)21-16(23)6-4-10-22-18(24)13-5-3-9-20-17(13)19(22)25/h3,5,7-9,11H,4,6,10H2,1-2H3,(H,21,23). The van der Waals surface area contributed by atoms with E-state index in [1.165, 1.54) is 13.3 Å². The maximum Gasteiger partial charge on any atom is 0.280 e. The van der Waals surface area contributed by atoms with E-state index < -0.39 is 5.91 Å². The summed E-state index contributed by atoms with van der Waals surface area (Å²) < 4.78 is 5.23. The first-order valence-corrected chi connectivity index (χ1v) is 8.27.